The molecular weight excluding hydrogens is 419 g/mol. The Kier molecular flexibility index (Phi) is 10.2. The SMILES string of the molecule is CSCc1nc2ccccc2n1CC(=O)Nc1ccc(OCCN)cc1.Cl.Cl. The summed E-state index contributed by atoms with van der Waals surface area (Å²) < 4.78 is 7.41. The van der Waals surface area contributed by atoms with Crippen LogP contribution in [0.4, 0.5) is 5.69 Å². The van der Waals surface area contributed by atoms with E-state index in [2.05, 4.69) is 10.3 Å². The maximum atomic E-state index is 12.5. The Morgan fingerprint density at radius 3 is 2.57 bits per heavy atom. The zero-order valence-corrected chi connectivity index (χ0v) is 17.9. The zero-order chi connectivity index (χ0) is 18.4. The van der Waals surface area contributed by atoms with Gasteiger partial charge in [-0.1, -0.05) is 12.1 Å². The molecule has 0 saturated carbocycles. The van der Waals surface area contributed by atoms with Crippen molar-refractivity contribution in [1.82, 2.24) is 9.55 Å². The number of imidazole rings is 1. The van der Waals surface area contributed by atoms with Gasteiger partial charge in [0.1, 0.15) is 24.7 Å². The van der Waals surface area contributed by atoms with Crippen LogP contribution in [-0.4, -0.2) is 34.9 Å². The lowest BCUT2D eigenvalue weighted by molar-refractivity contribution is -0.116. The Labute approximate surface area is 181 Å². The molecule has 3 rings (SSSR count). The van der Waals surface area contributed by atoms with Crippen LogP contribution in [-0.2, 0) is 17.1 Å². The second kappa shape index (κ2) is 11.8. The summed E-state index contributed by atoms with van der Waals surface area (Å²) in [6, 6.07) is 15.1. The molecule has 1 heterocycles. The van der Waals surface area contributed by atoms with Crippen molar-refractivity contribution in [1.29, 1.82) is 0 Å². The number of rotatable bonds is 8. The van der Waals surface area contributed by atoms with Gasteiger partial charge in [-0.2, -0.15) is 11.8 Å². The fourth-order valence-electron chi connectivity index (χ4n) is 2.70. The monoisotopic (exact) mass is 442 g/mol. The molecule has 1 aromatic heterocycles. The molecule has 0 radical (unpaired) electrons. The van der Waals surface area contributed by atoms with Crippen molar-refractivity contribution < 1.29 is 9.53 Å². The quantitative estimate of drug-likeness (QED) is 0.555. The van der Waals surface area contributed by atoms with Crippen molar-refractivity contribution in [2.24, 2.45) is 5.73 Å². The number of nitrogens with one attached hydrogen (secondary N) is 1. The fourth-order valence-corrected chi connectivity index (χ4v) is 3.18. The molecule has 0 saturated heterocycles. The first kappa shape index (κ1) is 24.1. The number of aromatic nitrogens is 2. The van der Waals surface area contributed by atoms with E-state index in [9.17, 15) is 4.79 Å². The van der Waals surface area contributed by atoms with Crippen molar-refractivity contribution in [3.05, 3.63) is 54.4 Å². The lowest BCUT2D eigenvalue weighted by Crippen LogP contribution is -2.20. The van der Waals surface area contributed by atoms with E-state index in [1.807, 2.05) is 59.4 Å². The number of amides is 1. The number of ether oxygens (including phenoxy) is 1. The van der Waals surface area contributed by atoms with Crippen LogP contribution < -0.4 is 15.8 Å². The Morgan fingerprint density at radius 2 is 1.89 bits per heavy atom. The number of anilines is 1. The zero-order valence-electron chi connectivity index (χ0n) is 15.5. The number of hydrogen-bond acceptors (Lipinski definition) is 5. The van der Waals surface area contributed by atoms with E-state index < -0.39 is 0 Å². The Balaban J connectivity index is 0.00000196. The second-order valence-corrected chi connectivity index (χ2v) is 6.61. The molecule has 152 valence electrons. The molecule has 0 unspecified atom stereocenters. The normalized spacial score (nSPS) is 10.1. The summed E-state index contributed by atoms with van der Waals surface area (Å²) in [7, 11) is 0. The summed E-state index contributed by atoms with van der Waals surface area (Å²) in [5.74, 6) is 2.30. The van der Waals surface area contributed by atoms with E-state index in [0.29, 0.717) is 13.2 Å². The number of nitrogens with zero attached hydrogens (tertiary/aromatic N) is 2. The first-order valence-electron chi connectivity index (χ1n) is 8.37. The number of thioether (sulfide) groups is 1. The van der Waals surface area contributed by atoms with Gasteiger partial charge < -0.3 is 20.4 Å². The summed E-state index contributed by atoms with van der Waals surface area (Å²) in [6.45, 7) is 1.16. The molecule has 9 heteroatoms. The minimum absolute atomic E-state index is 0. The van der Waals surface area contributed by atoms with Crippen molar-refractivity contribution in [3.63, 3.8) is 0 Å². The van der Waals surface area contributed by atoms with Gasteiger partial charge in [0.15, 0.2) is 0 Å². The van der Waals surface area contributed by atoms with Crippen molar-refractivity contribution in [2.75, 3.05) is 24.7 Å². The molecule has 28 heavy (non-hydrogen) atoms. The number of carbonyl (C=O) groups is 1. The predicted octanol–water partition coefficient (Wildman–Crippen LogP) is 3.72. The smallest absolute Gasteiger partial charge is 0.244 e. The van der Waals surface area contributed by atoms with E-state index in [1.54, 1.807) is 11.8 Å². The largest absolute Gasteiger partial charge is 0.492 e. The van der Waals surface area contributed by atoms with Gasteiger partial charge in [0.05, 0.1) is 16.8 Å². The second-order valence-electron chi connectivity index (χ2n) is 5.75. The van der Waals surface area contributed by atoms with Crippen LogP contribution in [0.3, 0.4) is 0 Å². The van der Waals surface area contributed by atoms with Crippen LogP contribution in [0.2, 0.25) is 0 Å². The lowest BCUT2D eigenvalue weighted by atomic mass is 10.3. The maximum Gasteiger partial charge on any atom is 0.244 e. The standard InChI is InChI=1S/C19H22N4O2S.2ClH/c1-26-13-18-22-16-4-2-3-5-17(16)23(18)12-19(24)21-14-6-8-15(9-7-14)25-11-10-20;;/h2-9H,10-13,20H2,1H3,(H,21,24);2*1H. The van der Waals surface area contributed by atoms with Crippen LogP contribution in [0.1, 0.15) is 5.82 Å². The molecule has 3 aromatic rings. The van der Waals surface area contributed by atoms with Gasteiger partial charge in [0, 0.05) is 12.2 Å². The average molecular weight is 443 g/mol. The third kappa shape index (κ3) is 6.04. The number of nitrogens with two attached hydrogens (primary N) is 1. The van der Waals surface area contributed by atoms with Gasteiger partial charge in [-0.15, -0.1) is 24.8 Å². The molecule has 0 fully saturated rings. The van der Waals surface area contributed by atoms with Crippen LogP contribution in [0.25, 0.3) is 11.0 Å². The fraction of sp³-hybridized carbons (Fsp3) is 0.263. The first-order valence-corrected chi connectivity index (χ1v) is 9.76. The molecule has 1 amide bonds. The summed E-state index contributed by atoms with van der Waals surface area (Å²) in [5.41, 5.74) is 8.02. The summed E-state index contributed by atoms with van der Waals surface area (Å²) >= 11 is 1.69. The highest BCUT2D eigenvalue weighted by molar-refractivity contribution is 7.97. The summed E-state index contributed by atoms with van der Waals surface area (Å²) in [6.07, 6.45) is 2.03. The highest BCUT2D eigenvalue weighted by Gasteiger charge is 2.13. The van der Waals surface area contributed by atoms with Crippen molar-refractivity contribution >= 4 is 59.2 Å². The summed E-state index contributed by atoms with van der Waals surface area (Å²) in [4.78, 5) is 17.2. The van der Waals surface area contributed by atoms with E-state index in [1.165, 1.54) is 0 Å². The van der Waals surface area contributed by atoms with Gasteiger partial charge in [-0.3, -0.25) is 4.79 Å². The number of halogens is 2. The topological polar surface area (TPSA) is 82.2 Å². The van der Waals surface area contributed by atoms with E-state index in [4.69, 9.17) is 10.5 Å². The predicted molar refractivity (Wildman–Crippen MR) is 121 cm³/mol. The molecule has 0 spiro atoms. The third-order valence-electron chi connectivity index (χ3n) is 3.83. The van der Waals surface area contributed by atoms with Gasteiger partial charge >= 0.3 is 0 Å². The number of benzene rings is 2. The number of carbonyl (C=O) groups excluding carboxylic acids is 1. The molecule has 2 aromatic carbocycles. The van der Waals surface area contributed by atoms with Crippen LogP contribution in [0, 0.1) is 0 Å². The minimum atomic E-state index is -0.0915. The molecule has 0 aliphatic heterocycles. The number of fused-ring (bicyclic) bond motifs is 1. The average Bonchev–Trinajstić information content (AvgIpc) is 2.99. The van der Waals surface area contributed by atoms with Crippen molar-refractivity contribution in [2.45, 2.75) is 12.3 Å². The highest BCUT2D eigenvalue weighted by Crippen LogP contribution is 2.20. The van der Waals surface area contributed by atoms with Gasteiger partial charge in [0.25, 0.3) is 0 Å². The molecular formula is C19H24Cl2N4O2S. The van der Waals surface area contributed by atoms with E-state index >= 15 is 0 Å². The number of hydrogen-bond donors (Lipinski definition) is 2. The first-order chi connectivity index (χ1) is 12.7. The van der Waals surface area contributed by atoms with Gasteiger partial charge in [-0.25, -0.2) is 4.98 Å². The lowest BCUT2D eigenvalue weighted by Gasteiger charge is -2.10. The van der Waals surface area contributed by atoms with Crippen LogP contribution in [0.5, 0.6) is 5.75 Å². The minimum Gasteiger partial charge on any atom is -0.492 e. The van der Waals surface area contributed by atoms with Crippen LogP contribution in [0.15, 0.2) is 48.5 Å². The Morgan fingerprint density at radius 1 is 1.18 bits per heavy atom. The maximum absolute atomic E-state index is 12.5. The van der Waals surface area contributed by atoms with E-state index in [-0.39, 0.29) is 37.3 Å². The van der Waals surface area contributed by atoms with Gasteiger partial charge in [-0.05, 0) is 42.7 Å². The molecule has 0 bridgehead atoms. The Hall–Kier alpha value is -1.93. The van der Waals surface area contributed by atoms with Crippen molar-refractivity contribution in [3.8, 4) is 5.75 Å². The van der Waals surface area contributed by atoms with Gasteiger partial charge in [0.2, 0.25) is 5.91 Å². The van der Waals surface area contributed by atoms with Crippen LogP contribution >= 0.6 is 36.6 Å². The number of para-hydroxylation sites is 2. The van der Waals surface area contributed by atoms with E-state index in [0.717, 1.165) is 34.0 Å². The molecule has 0 aliphatic carbocycles. The molecule has 3 N–H and O–H groups in total. The summed E-state index contributed by atoms with van der Waals surface area (Å²) in [5, 5.41) is 2.92. The molecule has 0 aliphatic rings. The Bertz CT molecular complexity index is 887. The highest BCUT2D eigenvalue weighted by atomic mass is 35.5. The molecule has 6 nitrogen and oxygen atoms in total. The third-order valence-corrected chi connectivity index (χ3v) is 4.38. The molecule has 0 atom stereocenters.